The molecule has 1 aromatic rings. The van der Waals surface area contributed by atoms with Gasteiger partial charge in [-0.25, -0.2) is 9.78 Å². The fourth-order valence-electron chi connectivity index (χ4n) is 1.34. The lowest BCUT2D eigenvalue weighted by Gasteiger charge is -2.17. The van der Waals surface area contributed by atoms with Crippen LogP contribution >= 0.6 is 0 Å². The second-order valence-electron chi connectivity index (χ2n) is 3.83. The van der Waals surface area contributed by atoms with Crippen LogP contribution in [0.25, 0.3) is 0 Å². The number of hydrogen-bond acceptors (Lipinski definition) is 4. The summed E-state index contributed by atoms with van der Waals surface area (Å²) in [7, 11) is 1.63. The van der Waals surface area contributed by atoms with Crippen LogP contribution in [0.5, 0.6) is 0 Å². The molecule has 0 aliphatic heterocycles. The Morgan fingerprint density at radius 3 is 2.94 bits per heavy atom. The molecule has 0 atom stereocenters. The largest absolute Gasteiger partial charge is 0.481 e. The molecule has 2 amide bonds. The molecule has 1 rings (SSSR count). The van der Waals surface area contributed by atoms with E-state index in [1.807, 2.05) is 0 Å². The zero-order chi connectivity index (χ0) is 13.4. The summed E-state index contributed by atoms with van der Waals surface area (Å²) in [5, 5.41) is 17.6. The average molecular weight is 255 g/mol. The van der Waals surface area contributed by atoms with Crippen molar-refractivity contribution in [2.75, 3.05) is 20.1 Å². The zero-order valence-electron chi connectivity index (χ0n) is 10.2. The molecule has 0 saturated carbocycles. The maximum absolute atomic E-state index is 11.6. The van der Waals surface area contributed by atoms with Gasteiger partial charge < -0.3 is 15.3 Å². The normalized spacial score (nSPS) is 10.1. The number of carboxylic acid groups (broad SMARTS) is 1. The predicted octanol–water partition coefficient (Wildman–Crippen LogP) is -0.147. The number of carboxylic acids is 1. The van der Waals surface area contributed by atoms with E-state index in [2.05, 4.69) is 20.5 Å². The summed E-state index contributed by atoms with van der Waals surface area (Å²) in [6.45, 7) is 0.873. The minimum Gasteiger partial charge on any atom is -0.481 e. The first-order valence-electron chi connectivity index (χ1n) is 5.64. The van der Waals surface area contributed by atoms with Crippen molar-refractivity contribution >= 4 is 12.0 Å². The summed E-state index contributed by atoms with van der Waals surface area (Å²) in [6.07, 6.45) is 2.50. The third-order valence-electron chi connectivity index (χ3n) is 2.33. The molecular formula is C10H17N5O3. The van der Waals surface area contributed by atoms with Gasteiger partial charge in [-0.3, -0.25) is 9.89 Å². The topological polar surface area (TPSA) is 111 Å². The van der Waals surface area contributed by atoms with E-state index in [1.165, 1.54) is 11.2 Å². The Kier molecular flexibility index (Phi) is 5.62. The molecule has 8 nitrogen and oxygen atoms in total. The van der Waals surface area contributed by atoms with Gasteiger partial charge in [0.05, 0.1) is 0 Å². The standard InChI is InChI=1S/C10H17N5O3/c1-15(6-2-3-9(16)17)10(18)11-5-4-8-12-7-13-14-8/h7H,2-6H2,1H3,(H,11,18)(H,16,17)(H,12,13,14). The highest BCUT2D eigenvalue weighted by Crippen LogP contribution is 1.94. The fraction of sp³-hybridized carbons (Fsp3) is 0.600. The van der Waals surface area contributed by atoms with E-state index in [9.17, 15) is 9.59 Å². The lowest BCUT2D eigenvalue weighted by molar-refractivity contribution is -0.137. The van der Waals surface area contributed by atoms with Gasteiger partial charge in [-0.15, -0.1) is 0 Å². The number of carbonyl (C=O) groups excluding carboxylic acids is 1. The summed E-state index contributed by atoms with van der Waals surface area (Å²) in [5.74, 6) is -0.141. The first-order chi connectivity index (χ1) is 8.59. The third-order valence-corrected chi connectivity index (χ3v) is 2.33. The number of aliphatic carboxylic acids is 1. The minimum absolute atomic E-state index is 0.0652. The van der Waals surface area contributed by atoms with Gasteiger partial charge >= 0.3 is 12.0 Å². The van der Waals surface area contributed by atoms with Crippen molar-refractivity contribution in [1.29, 1.82) is 0 Å². The molecule has 0 radical (unpaired) electrons. The molecular weight excluding hydrogens is 238 g/mol. The number of H-pyrrole nitrogens is 1. The molecule has 3 N–H and O–H groups in total. The molecule has 0 aliphatic rings. The number of nitrogens with zero attached hydrogens (tertiary/aromatic N) is 3. The van der Waals surface area contributed by atoms with E-state index < -0.39 is 5.97 Å². The number of hydrogen-bond donors (Lipinski definition) is 3. The van der Waals surface area contributed by atoms with Gasteiger partial charge in [0.25, 0.3) is 0 Å². The first kappa shape index (κ1) is 13.9. The van der Waals surface area contributed by atoms with Crippen LogP contribution in [0.1, 0.15) is 18.7 Å². The number of rotatable bonds is 7. The Morgan fingerprint density at radius 2 is 2.33 bits per heavy atom. The number of carbonyl (C=O) groups is 2. The number of amides is 2. The van der Waals surface area contributed by atoms with Crippen LogP contribution < -0.4 is 5.32 Å². The lowest BCUT2D eigenvalue weighted by atomic mass is 10.3. The molecule has 0 unspecified atom stereocenters. The summed E-state index contributed by atoms with van der Waals surface area (Å²) in [6, 6.07) is -0.222. The van der Waals surface area contributed by atoms with E-state index in [1.54, 1.807) is 7.05 Å². The van der Waals surface area contributed by atoms with E-state index in [-0.39, 0.29) is 12.5 Å². The molecule has 0 spiro atoms. The molecule has 0 aromatic carbocycles. The van der Waals surface area contributed by atoms with Crippen molar-refractivity contribution in [3.8, 4) is 0 Å². The van der Waals surface area contributed by atoms with E-state index in [4.69, 9.17) is 5.11 Å². The van der Waals surface area contributed by atoms with Gasteiger partial charge in [-0.1, -0.05) is 0 Å². The Labute approximate surface area is 104 Å². The maximum Gasteiger partial charge on any atom is 0.317 e. The molecule has 0 bridgehead atoms. The van der Waals surface area contributed by atoms with Crippen molar-refractivity contribution in [2.24, 2.45) is 0 Å². The predicted molar refractivity (Wildman–Crippen MR) is 63.0 cm³/mol. The second-order valence-corrected chi connectivity index (χ2v) is 3.83. The van der Waals surface area contributed by atoms with E-state index in [0.29, 0.717) is 31.8 Å². The maximum atomic E-state index is 11.6. The highest BCUT2D eigenvalue weighted by Gasteiger charge is 2.08. The van der Waals surface area contributed by atoms with Gasteiger partial charge in [0.2, 0.25) is 0 Å². The third kappa shape index (κ3) is 5.28. The van der Waals surface area contributed by atoms with Crippen molar-refractivity contribution in [1.82, 2.24) is 25.4 Å². The Morgan fingerprint density at radius 1 is 1.56 bits per heavy atom. The van der Waals surface area contributed by atoms with Crippen LogP contribution in [0.4, 0.5) is 4.79 Å². The molecule has 0 saturated heterocycles. The Hall–Kier alpha value is -2.12. The monoisotopic (exact) mass is 255 g/mol. The number of nitrogens with one attached hydrogen (secondary N) is 2. The van der Waals surface area contributed by atoms with Crippen LogP contribution in [-0.2, 0) is 11.2 Å². The van der Waals surface area contributed by atoms with Crippen LogP contribution in [-0.4, -0.2) is 57.3 Å². The number of aromatic amines is 1. The average Bonchev–Trinajstić information content (AvgIpc) is 2.81. The van der Waals surface area contributed by atoms with Crippen molar-refractivity contribution in [3.05, 3.63) is 12.2 Å². The lowest BCUT2D eigenvalue weighted by Crippen LogP contribution is -2.38. The molecule has 1 heterocycles. The second kappa shape index (κ2) is 7.25. The van der Waals surface area contributed by atoms with Crippen LogP contribution in [0.3, 0.4) is 0 Å². The van der Waals surface area contributed by atoms with Gasteiger partial charge in [-0.05, 0) is 6.42 Å². The molecule has 0 fully saturated rings. The van der Waals surface area contributed by atoms with Crippen LogP contribution in [0, 0.1) is 0 Å². The molecule has 8 heteroatoms. The highest BCUT2D eigenvalue weighted by molar-refractivity contribution is 5.73. The smallest absolute Gasteiger partial charge is 0.317 e. The van der Waals surface area contributed by atoms with Gasteiger partial charge in [0.1, 0.15) is 12.2 Å². The van der Waals surface area contributed by atoms with Crippen molar-refractivity contribution < 1.29 is 14.7 Å². The van der Waals surface area contributed by atoms with Gasteiger partial charge in [0.15, 0.2) is 0 Å². The molecule has 18 heavy (non-hydrogen) atoms. The van der Waals surface area contributed by atoms with E-state index >= 15 is 0 Å². The number of urea groups is 1. The summed E-state index contributed by atoms with van der Waals surface area (Å²) in [4.78, 5) is 27.3. The summed E-state index contributed by atoms with van der Waals surface area (Å²) < 4.78 is 0. The van der Waals surface area contributed by atoms with Gasteiger partial charge in [0, 0.05) is 33.0 Å². The van der Waals surface area contributed by atoms with Crippen molar-refractivity contribution in [3.63, 3.8) is 0 Å². The zero-order valence-corrected chi connectivity index (χ0v) is 10.2. The number of aromatic nitrogens is 3. The Balaban J connectivity index is 2.13. The quantitative estimate of drug-likeness (QED) is 0.627. The van der Waals surface area contributed by atoms with Crippen LogP contribution in [0.2, 0.25) is 0 Å². The first-order valence-corrected chi connectivity index (χ1v) is 5.64. The van der Waals surface area contributed by atoms with E-state index in [0.717, 1.165) is 0 Å². The molecule has 100 valence electrons. The van der Waals surface area contributed by atoms with Crippen molar-refractivity contribution in [2.45, 2.75) is 19.3 Å². The minimum atomic E-state index is -0.853. The fourth-order valence-corrected chi connectivity index (χ4v) is 1.34. The SMILES string of the molecule is CN(CCCC(=O)O)C(=O)NCCc1ncn[nH]1. The summed E-state index contributed by atoms with van der Waals surface area (Å²) in [5.41, 5.74) is 0. The van der Waals surface area contributed by atoms with Gasteiger partial charge in [-0.2, -0.15) is 5.10 Å². The molecule has 1 aromatic heterocycles. The highest BCUT2D eigenvalue weighted by atomic mass is 16.4. The van der Waals surface area contributed by atoms with Crippen LogP contribution in [0.15, 0.2) is 6.33 Å². The Bertz CT molecular complexity index is 379. The summed E-state index contributed by atoms with van der Waals surface area (Å²) >= 11 is 0. The molecule has 0 aliphatic carbocycles.